The third kappa shape index (κ3) is 4.21. The quantitative estimate of drug-likeness (QED) is 0.421. The van der Waals surface area contributed by atoms with E-state index in [-0.39, 0.29) is 0 Å². The van der Waals surface area contributed by atoms with Crippen molar-refractivity contribution in [2.75, 3.05) is 31.4 Å². The summed E-state index contributed by atoms with van der Waals surface area (Å²) < 4.78 is 10.6. The van der Waals surface area contributed by atoms with Crippen LogP contribution in [-0.4, -0.2) is 40.9 Å². The first-order chi connectivity index (χ1) is 14.3. The van der Waals surface area contributed by atoms with Gasteiger partial charge in [-0.15, -0.1) is 5.10 Å². The number of para-hydroxylation sites is 1. The molecular weight excluding hydrogens is 368 g/mol. The number of methoxy groups -OCH3 is 2. The van der Waals surface area contributed by atoms with Gasteiger partial charge >= 0.3 is 0 Å². The van der Waals surface area contributed by atoms with Crippen LogP contribution in [0.3, 0.4) is 0 Å². The molecule has 0 bridgehead atoms. The summed E-state index contributed by atoms with van der Waals surface area (Å²) in [4.78, 5) is 7.76. The van der Waals surface area contributed by atoms with Crippen molar-refractivity contribution in [3.8, 4) is 11.5 Å². The van der Waals surface area contributed by atoms with Gasteiger partial charge in [0.25, 0.3) is 0 Å². The molecule has 4 aromatic rings. The molecule has 2 heterocycles. The number of H-pyrrole nitrogens is 1. The molecule has 3 N–H and O–H groups in total. The molecule has 0 amide bonds. The van der Waals surface area contributed by atoms with Crippen LogP contribution in [-0.2, 0) is 6.42 Å². The van der Waals surface area contributed by atoms with Crippen LogP contribution in [0.5, 0.6) is 11.5 Å². The summed E-state index contributed by atoms with van der Waals surface area (Å²) in [6.07, 6.45) is 4.46. The van der Waals surface area contributed by atoms with E-state index in [0.29, 0.717) is 29.8 Å². The van der Waals surface area contributed by atoms with Gasteiger partial charge in [0.05, 0.1) is 20.4 Å². The Balaban J connectivity index is 1.40. The lowest BCUT2D eigenvalue weighted by Crippen LogP contribution is -2.09. The minimum absolute atomic E-state index is 0.468. The molecule has 8 heteroatoms. The normalized spacial score (nSPS) is 10.7. The molecule has 29 heavy (non-hydrogen) atoms. The lowest BCUT2D eigenvalue weighted by atomic mass is 10.1. The fraction of sp³-hybridized carbons (Fsp3) is 0.190. The van der Waals surface area contributed by atoms with Crippen molar-refractivity contribution in [3.63, 3.8) is 0 Å². The van der Waals surface area contributed by atoms with Gasteiger partial charge in [-0.1, -0.05) is 18.2 Å². The van der Waals surface area contributed by atoms with E-state index in [1.54, 1.807) is 20.4 Å². The molecule has 148 valence electrons. The lowest BCUT2D eigenvalue weighted by Gasteiger charge is -2.11. The average molecular weight is 390 g/mol. The highest BCUT2D eigenvalue weighted by Crippen LogP contribution is 2.30. The van der Waals surface area contributed by atoms with E-state index in [1.807, 2.05) is 36.5 Å². The van der Waals surface area contributed by atoms with E-state index < -0.39 is 0 Å². The monoisotopic (exact) mass is 390 g/mol. The van der Waals surface area contributed by atoms with Crippen molar-refractivity contribution < 1.29 is 9.47 Å². The molecule has 0 aliphatic carbocycles. The third-order valence-electron chi connectivity index (χ3n) is 4.57. The van der Waals surface area contributed by atoms with Gasteiger partial charge in [-0.3, -0.25) is 0 Å². The molecule has 0 aliphatic heterocycles. The van der Waals surface area contributed by atoms with Gasteiger partial charge in [-0.2, -0.15) is 10.1 Å². The Morgan fingerprint density at radius 2 is 1.90 bits per heavy atom. The second-order valence-electron chi connectivity index (χ2n) is 6.40. The van der Waals surface area contributed by atoms with Crippen molar-refractivity contribution in [1.82, 2.24) is 20.2 Å². The summed E-state index contributed by atoms with van der Waals surface area (Å²) in [5.41, 5.74) is 3.20. The number of aromatic amines is 1. The molecule has 0 saturated carbocycles. The first-order valence-corrected chi connectivity index (χ1v) is 9.24. The zero-order chi connectivity index (χ0) is 20.1. The number of anilines is 3. The molecule has 0 radical (unpaired) electrons. The Hall–Kier alpha value is -3.81. The number of benzene rings is 2. The van der Waals surface area contributed by atoms with Crippen LogP contribution in [0.15, 0.2) is 54.9 Å². The Labute approximate surface area is 168 Å². The van der Waals surface area contributed by atoms with Gasteiger partial charge in [-0.05, 0) is 30.2 Å². The van der Waals surface area contributed by atoms with E-state index in [9.17, 15) is 0 Å². The predicted octanol–water partition coefficient (Wildman–Crippen LogP) is 3.77. The number of nitrogens with one attached hydrogen (secondary N) is 3. The average Bonchev–Trinajstić information content (AvgIpc) is 3.17. The summed E-state index contributed by atoms with van der Waals surface area (Å²) in [6, 6.07) is 13.8. The Morgan fingerprint density at radius 1 is 1.03 bits per heavy atom. The Bertz CT molecular complexity index is 1110. The summed E-state index contributed by atoms with van der Waals surface area (Å²) in [5, 5.41) is 15.8. The van der Waals surface area contributed by atoms with E-state index in [2.05, 4.69) is 42.9 Å². The van der Waals surface area contributed by atoms with Crippen LogP contribution < -0.4 is 20.1 Å². The predicted molar refractivity (Wildman–Crippen MR) is 113 cm³/mol. The number of ether oxygens (including phenoxy) is 2. The maximum atomic E-state index is 5.33. The molecule has 4 rings (SSSR count). The van der Waals surface area contributed by atoms with Gasteiger partial charge in [0.15, 0.2) is 17.3 Å². The fourth-order valence-corrected chi connectivity index (χ4v) is 3.15. The Kier molecular flexibility index (Phi) is 5.42. The van der Waals surface area contributed by atoms with Gasteiger partial charge < -0.3 is 25.1 Å². The van der Waals surface area contributed by atoms with E-state index in [0.717, 1.165) is 17.6 Å². The molecule has 0 saturated heterocycles. The second kappa shape index (κ2) is 8.47. The maximum Gasteiger partial charge on any atom is 0.244 e. The number of hydrogen-bond donors (Lipinski definition) is 3. The zero-order valence-electron chi connectivity index (χ0n) is 16.3. The maximum absolute atomic E-state index is 5.33. The van der Waals surface area contributed by atoms with Gasteiger partial charge in [0.1, 0.15) is 0 Å². The summed E-state index contributed by atoms with van der Waals surface area (Å²) >= 11 is 0. The van der Waals surface area contributed by atoms with Crippen LogP contribution >= 0.6 is 0 Å². The first kappa shape index (κ1) is 18.5. The topological polar surface area (TPSA) is 97.0 Å². The lowest BCUT2D eigenvalue weighted by molar-refractivity contribution is 0.355. The summed E-state index contributed by atoms with van der Waals surface area (Å²) in [5.74, 6) is 2.35. The molecule has 0 atom stereocenters. The van der Waals surface area contributed by atoms with Crippen LogP contribution in [0, 0.1) is 0 Å². The number of fused-ring (bicyclic) bond motifs is 1. The molecule has 0 unspecified atom stereocenters. The highest BCUT2D eigenvalue weighted by Gasteiger charge is 2.07. The highest BCUT2D eigenvalue weighted by atomic mass is 16.5. The SMILES string of the molecule is COc1ccc(Nc2cnnc(NCCc3c[nH]c4ccccc34)n2)cc1OC. The number of aromatic nitrogens is 4. The number of rotatable bonds is 8. The van der Waals surface area contributed by atoms with Crippen LogP contribution in [0.2, 0.25) is 0 Å². The second-order valence-corrected chi connectivity index (χ2v) is 6.40. The van der Waals surface area contributed by atoms with Gasteiger partial charge in [0, 0.05) is 35.4 Å². The molecule has 0 spiro atoms. The van der Waals surface area contributed by atoms with E-state index in [1.165, 1.54) is 10.9 Å². The Morgan fingerprint density at radius 3 is 2.76 bits per heavy atom. The van der Waals surface area contributed by atoms with Crippen molar-refractivity contribution in [1.29, 1.82) is 0 Å². The molecule has 8 nitrogen and oxygen atoms in total. The van der Waals surface area contributed by atoms with Crippen molar-refractivity contribution >= 4 is 28.4 Å². The first-order valence-electron chi connectivity index (χ1n) is 9.24. The van der Waals surface area contributed by atoms with E-state index >= 15 is 0 Å². The van der Waals surface area contributed by atoms with Crippen molar-refractivity contribution in [2.45, 2.75) is 6.42 Å². The largest absolute Gasteiger partial charge is 0.493 e. The van der Waals surface area contributed by atoms with Crippen LogP contribution in [0.4, 0.5) is 17.5 Å². The molecule has 0 fully saturated rings. The highest BCUT2D eigenvalue weighted by molar-refractivity contribution is 5.83. The van der Waals surface area contributed by atoms with Gasteiger partial charge in [0.2, 0.25) is 5.95 Å². The summed E-state index contributed by atoms with van der Waals surface area (Å²) in [6.45, 7) is 0.698. The number of nitrogens with zero attached hydrogens (tertiary/aromatic N) is 3. The standard InChI is InChI=1S/C21H22N6O2/c1-28-18-8-7-15(11-19(18)29-2)25-20-13-24-27-21(26-20)22-10-9-14-12-23-17-6-4-3-5-16(14)17/h3-8,11-13,23H,9-10H2,1-2H3,(H2,22,25,26,27). The van der Waals surface area contributed by atoms with E-state index in [4.69, 9.17) is 9.47 Å². The van der Waals surface area contributed by atoms with Crippen LogP contribution in [0.25, 0.3) is 10.9 Å². The molecule has 2 aromatic carbocycles. The minimum atomic E-state index is 0.468. The fourth-order valence-electron chi connectivity index (χ4n) is 3.15. The van der Waals surface area contributed by atoms with Crippen LogP contribution in [0.1, 0.15) is 5.56 Å². The molecule has 2 aromatic heterocycles. The minimum Gasteiger partial charge on any atom is -0.493 e. The van der Waals surface area contributed by atoms with Crippen molar-refractivity contribution in [2.24, 2.45) is 0 Å². The smallest absolute Gasteiger partial charge is 0.244 e. The van der Waals surface area contributed by atoms with Gasteiger partial charge in [-0.25, -0.2) is 0 Å². The third-order valence-corrected chi connectivity index (χ3v) is 4.57. The number of hydrogen-bond acceptors (Lipinski definition) is 7. The molecule has 0 aliphatic rings. The summed E-state index contributed by atoms with van der Waals surface area (Å²) in [7, 11) is 3.21. The zero-order valence-corrected chi connectivity index (χ0v) is 16.3. The van der Waals surface area contributed by atoms with Crippen molar-refractivity contribution in [3.05, 3.63) is 60.4 Å². The molecular formula is C21H22N6O2.